The van der Waals surface area contributed by atoms with Crippen molar-refractivity contribution in [3.05, 3.63) is 37.0 Å². The molecule has 1 nitrogen and oxygen atoms in total. The van der Waals surface area contributed by atoms with E-state index in [1.807, 2.05) is 0 Å². The summed E-state index contributed by atoms with van der Waals surface area (Å²) in [5, 5.41) is 0. The summed E-state index contributed by atoms with van der Waals surface area (Å²) in [6, 6.07) is 0. The molecule has 15 heavy (non-hydrogen) atoms. The van der Waals surface area contributed by atoms with Crippen LogP contribution in [0, 0.1) is 0 Å². The topological polar surface area (TPSA) is 3.24 Å². The average Bonchev–Trinajstić information content (AvgIpc) is 2.25. The molecule has 0 saturated carbocycles. The van der Waals surface area contributed by atoms with Crippen molar-refractivity contribution in [3.63, 3.8) is 0 Å². The van der Waals surface area contributed by atoms with Gasteiger partial charge in [0.25, 0.3) is 0 Å². The Bertz CT molecular complexity index is 209. The smallest absolute Gasteiger partial charge is 0.00218 e. The van der Waals surface area contributed by atoms with Crippen molar-refractivity contribution in [1.82, 2.24) is 4.90 Å². The summed E-state index contributed by atoms with van der Waals surface area (Å²) in [5.41, 5.74) is 2.09. The van der Waals surface area contributed by atoms with E-state index in [0.717, 1.165) is 24.1 Å². The van der Waals surface area contributed by atoms with Crippen LogP contribution in [0.1, 0.15) is 33.1 Å². The van der Waals surface area contributed by atoms with Gasteiger partial charge in [-0.3, -0.25) is 0 Å². The van der Waals surface area contributed by atoms with Crippen LogP contribution in [-0.2, 0) is 0 Å². The molecule has 0 aromatic heterocycles. The largest absolute Gasteiger partial charge is 0.303 e. The second kappa shape index (κ2) is 8.49. The van der Waals surface area contributed by atoms with Gasteiger partial charge in [-0.05, 0) is 43.5 Å². The fourth-order valence-electron chi connectivity index (χ4n) is 1.57. The molecule has 0 radical (unpaired) electrons. The number of rotatable bonds is 9. The SMILES string of the molecule is C=CC(=C)C(=C)CCN(CCC)CCC. The molecule has 0 aromatic rings. The van der Waals surface area contributed by atoms with Crippen LogP contribution >= 0.6 is 0 Å². The first-order valence-electron chi connectivity index (χ1n) is 5.87. The van der Waals surface area contributed by atoms with Gasteiger partial charge >= 0.3 is 0 Å². The van der Waals surface area contributed by atoms with Crippen LogP contribution in [0.25, 0.3) is 0 Å². The van der Waals surface area contributed by atoms with Crippen LogP contribution in [0.3, 0.4) is 0 Å². The van der Waals surface area contributed by atoms with Gasteiger partial charge in [-0.15, -0.1) is 0 Å². The lowest BCUT2D eigenvalue weighted by atomic mass is 10.1. The summed E-state index contributed by atoms with van der Waals surface area (Å²) in [7, 11) is 0. The van der Waals surface area contributed by atoms with Crippen LogP contribution in [0.15, 0.2) is 37.0 Å². The zero-order chi connectivity index (χ0) is 11.7. The Balaban J connectivity index is 3.92. The van der Waals surface area contributed by atoms with Crippen LogP contribution < -0.4 is 0 Å². The fraction of sp³-hybridized carbons (Fsp3) is 0.571. The summed E-state index contributed by atoms with van der Waals surface area (Å²) >= 11 is 0. The number of hydrogen-bond donors (Lipinski definition) is 0. The normalized spacial score (nSPS) is 10.3. The number of nitrogens with zero attached hydrogens (tertiary/aromatic N) is 1. The van der Waals surface area contributed by atoms with E-state index in [9.17, 15) is 0 Å². The molecule has 0 atom stereocenters. The van der Waals surface area contributed by atoms with Crippen molar-refractivity contribution < 1.29 is 0 Å². The molecular formula is C14H25N. The van der Waals surface area contributed by atoms with Crippen molar-refractivity contribution in [2.24, 2.45) is 0 Å². The zero-order valence-electron chi connectivity index (χ0n) is 10.4. The zero-order valence-corrected chi connectivity index (χ0v) is 10.4. The molecule has 0 bridgehead atoms. The highest BCUT2D eigenvalue weighted by molar-refractivity contribution is 5.33. The fourth-order valence-corrected chi connectivity index (χ4v) is 1.57. The molecule has 0 heterocycles. The Labute approximate surface area is 95.2 Å². The molecule has 0 aliphatic heterocycles. The van der Waals surface area contributed by atoms with Crippen molar-refractivity contribution >= 4 is 0 Å². The lowest BCUT2D eigenvalue weighted by Gasteiger charge is -2.21. The minimum absolute atomic E-state index is 0.975. The van der Waals surface area contributed by atoms with Crippen LogP contribution in [-0.4, -0.2) is 24.5 Å². The van der Waals surface area contributed by atoms with Crippen LogP contribution in [0.5, 0.6) is 0 Å². The van der Waals surface area contributed by atoms with Crippen LogP contribution in [0.4, 0.5) is 0 Å². The molecular weight excluding hydrogens is 182 g/mol. The third-order valence-electron chi connectivity index (χ3n) is 2.51. The minimum Gasteiger partial charge on any atom is -0.303 e. The molecule has 0 fully saturated rings. The van der Waals surface area contributed by atoms with Gasteiger partial charge < -0.3 is 4.90 Å². The van der Waals surface area contributed by atoms with Crippen molar-refractivity contribution in [1.29, 1.82) is 0 Å². The van der Waals surface area contributed by atoms with E-state index in [2.05, 4.69) is 38.5 Å². The standard InChI is InChI=1S/C14H25N/c1-6-10-15(11-7-2)12-9-14(5)13(4)8-3/h8H,3-7,9-12H2,1-2H3. The quantitative estimate of drug-likeness (QED) is 0.520. The monoisotopic (exact) mass is 207 g/mol. The highest BCUT2D eigenvalue weighted by atomic mass is 15.1. The van der Waals surface area contributed by atoms with E-state index in [4.69, 9.17) is 0 Å². The van der Waals surface area contributed by atoms with E-state index in [-0.39, 0.29) is 0 Å². The molecule has 0 aliphatic rings. The molecule has 0 rings (SSSR count). The molecule has 0 unspecified atom stereocenters. The highest BCUT2D eigenvalue weighted by Gasteiger charge is 2.03. The van der Waals surface area contributed by atoms with E-state index < -0.39 is 0 Å². The Morgan fingerprint density at radius 2 is 1.60 bits per heavy atom. The molecule has 0 saturated heterocycles. The molecule has 0 N–H and O–H groups in total. The van der Waals surface area contributed by atoms with Gasteiger partial charge in [0.1, 0.15) is 0 Å². The van der Waals surface area contributed by atoms with E-state index in [1.54, 1.807) is 6.08 Å². The van der Waals surface area contributed by atoms with Crippen molar-refractivity contribution in [2.75, 3.05) is 19.6 Å². The molecule has 0 amide bonds. The average molecular weight is 207 g/mol. The van der Waals surface area contributed by atoms with E-state index in [1.165, 1.54) is 25.9 Å². The van der Waals surface area contributed by atoms with Gasteiger partial charge in [0, 0.05) is 6.54 Å². The summed E-state index contributed by atoms with van der Waals surface area (Å²) in [4.78, 5) is 2.49. The van der Waals surface area contributed by atoms with E-state index in [0.29, 0.717) is 0 Å². The number of hydrogen-bond acceptors (Lipinski definition) is 1. The van der Waals surface area contributed by atoms with Crippen molar-refractivity contribution in [2.45, 2.75) is 33.1 Å². The maximum absolute atomic E-state index is 4.02. The highest BCUT2D eigenvalue weighted by Crippen LogP contribution is 2.11. The van der Waals surface area contributed by atoms with Gasteiger partial charge in [-0.25, -0.2) is 0 Å². The first kappa shape index (κ1) is 14.2. The van der Waals surface area contributed by atoms with Gasteiger partial charge in [-0.2, -0.15) is 0 Å². The van der Waals surface area contributed by atoms with Crippen LogP contribution in [0.2, 0.25) is 0 Å². The third kappa shape index (κ3) is 6.29. The Hall–Kier alpha value is -0.820. The van der Waals surface area contributed by atoms with Gasteiger partial charge in [0.15, 0.2) is 0 Å². The minimum atomic E-state index is 0.975. The summed E-state index contributed by atoms with van der Waals surface area (Å²) in [5.74, 6) is 0. The predicted molar refractivity (Wildman–Crippen MR) is 70.1 cm³/mol. The number of allylic oxidation sites excluding steroid dienone is 2. The lowest BCUT2D eigenvalue weighted by Crippen LogP contribution is -2.26. The summed E-state index contributed by atoms with van der Waals surface area (Å²) in [6.45, 7) is 19.5. The predicted octanol–water partition coefficient (Wildman–Crippen LogP) is 3.80. The molecule has 86 valence electrons. The summed E-state index contributed by atoms with van der Waals surface area (Å²) < 4.78 is 0. The first-order valence-corrected chi connectivity index (χ1v) is 5.87. The van der Waals surface area contributed by atoms with Gasteiger partial charge in [0.05, 0.1) is 0 Å². The molecule has 0 aliphatic carbocycles. The van der Waals surface area contributed by atoms with Crippen molar-refractivity contribution in [3.8, 4) is 0 Å². The maximum Gasteiger partial charge on any atom is 0.00218 e. The molecule has 0 aromatic carbocycles. The van der Waals surface area contributed by atoms with E-state index >= 15 is 0 Å². The Kier molecular flexibility index (Phi) is 8.02. The third-order valence-corrected chi connectivity index (χ3v) is 2.51. The lowest BCUT2D eigenvalue weighted by molar-refractivity contribution is 0.278. The Morgan fingerprint density at radius 3 is 2.00 bits per heavy atom. The van der Waals surface area contributed by atoms with Gasteiger partial charge in [0.2, 0.25) is 0 Å². The molecule has 1 heteroatoms. The molecule has 0 spiro atoms. The second-order valence-electron chi connectivity index (χ2n) is 3.92. The first-order chi connectivity index (χ1) is 7.15. The second-order valence-corrected chi connectivity index (χ2v) is 3.92. The summed E-state index contributed by atoms with van der Waals surface area (Å²) in [6.07, 6.45) is 5.22. The maximum atomic E-state index is 4.02. The van der Waals surface area contributed by atoms with Gasteiger partial charge in [-0.1, -0.05) is 39.7 Å². The Morgan fingerprint density at radius 1 is 1.07 bits per heavy atom.